The maximum absolute atomic E-state index is 12.6. The predicted octanol–water partition coefficient (Wildman–Crippen LogP) is 3.44. The Morgan fingerprint density at radius 1 is 1.12 bits per heavy atom. The molecule has 1 saturated carbocycles. The summed E-state index contributed by atoms with van der Waals surface area (Å²) in [5.74, 6) is 1.08. The summed E-state index contributed by atoms with van der Waals surface area (Å²) in [5.41, 5.74) is 0. The van der Waals surface area contributed by atoms with E-state index in [9.17, 15) is 9.59 Å². The summed E-state index contributed by atoms with van der Waals surface area (Å²) in [7, 11) is 0. The number of carbonyl (C=O) groups excluding carboxylic acids is 2. The number of nitrogens with one attached hydrogen (secondary N) is 2. The van der Waals surface area contributed by atoms with Gasteiger partial charge in [0.05, 0.1) is 0 Å². The lowest BCUT2D eigenvalue weighted by Gasteiger charge is -2.44. The van der Waals surface area contributed by atoms with Gasteiger partial charge in [0.25, 0.3) is 0 Å². The second kappa shape index (κ2) is 9.90. The number of hydrogen-bond acceptors (Lipinski definition) is 2. The van der Waals surface area contributed by atoms with Crippen molar-refractivity contribution in [2.24, 2.45) is 5.92 Å². The molecule has 0 aromatic rings. The highest BCUT2D eigenvalue weighted by Gasteiger charge is 2.35. The van der Waals surface area contributed by atoms with Gasteiger partial charge in [-0.3, -0.25) is 4.79 Å². The fourth-order valence-electron chi connectivity index (χ4n) is 4.06. The number of likely N-dealkylation sites (tertiary alicyclic amines) is 1. The van der Waals surface area contributed by atoms with Crippen molar-refractivity contribution in [2.45, 2.75) is 90.1 Å². The Morgan fingerprint density at radius 2 is 1.88 bits per heavy atom. The van der Waals surface area contributed by atoms with Crippen LogP contribution >= 0.6 is 0 Å². The van der Waals surface area contributed by atoms with Crippen LogP contribution < -0.4 is 10.6 Å². The van der Waals surface area contributed by atoms with E-state index in [0.717, 1.165) is 31.7 Å². The molecule has 1 heterocycles. The van der Waals surface area contributed by atoms with Crippen LogP contribution in [0.25, 0.3) is 0 Å². The molecule has 0 aromatic carbocycles. The van der Waals surface area contributed by atoms with Crippen LogP contribution in [-0.2, 0) is 4.79 Å². The number of unbranched alkanes of at least 4 members (excludes halogenated alkanes) is 1. The SMILES string of the molecule is CCC(C)NC(=O)NCCCCC(=O)N1CCCC2CCCCC21. The number of urea groups is 1. The molecule has 3 atom stereocenters. The van der Waals surface area contributed by atoms with E-state index in [1.165, 1.54) is 38.5 Å². The second-order valence-electron chi connectivity index (χ2n) is 7.51. The normalized spacial score (nSPS) is 24.8. The first-order valence-electron chi connectivity index (χ1n) is 9.95. The summed E-state index contributed by atoms with van der Waals surface area (Å²) >= 11 is 0. The van der Waals surface area contributed by atoms with Crippen LogP contribution in [0.5, 0.6) is 0 Å². The Balaban J connectivity index is 1.61. The number of nitrogens with zero attached hydrogens (tertiary/aromatic N) is 1. The molecule has 0 aromatic heterocycles. The molecule has 1 aliphatic heterocycles. The molecule has 1 aliphatic carbocycles. The zero-order valence-corrected chi connectivity index (χ0v) is 15.5. The lowest BCUT2D eigenvalue weighted by molar-refractivity contribution is -0.137. The average molecular weight is 338 g/mol. The van der Waals surface area contributed by atoms with Gasteiger partial charge in [-0.2, -0.15) is 0 Å². The minimum absolute atomic E-state index is 0.100. The first-order valence-corrected chi connectivity index (χ1v) is 9.95. The van der Waals surface area contributed by atoms with Crippen molar-refractivity contribution in [1.82, 2.24) is 15.5 Å². The fourth-order valence-corrected chi connectivity index (χ4v) is 4.06. The summed E-state index contributed by atoms with van der Waals surface area (Å²) in [4.78, 5) is 26.4. The quantitative estimate of drug-likeness (QED) is 0.699. The van der Waals surface area contributed by atoms with E-state index in [4.69, 9.17) is 0 Å². The second-order valence-corrected chi connectivity index (χ2v) is 7.51. The largest absolute Gasteiger partial charge is 0.339 e. The van der Waals surface area contributed by atoms with Gasteiger partial charge in [0.15, 0.2) is 0 Å². The zero-order valence-electron chi connectivity index (χ0n) is 15.5. The van der Waals surface area contributed by atoms with Gasteiger partial charge in [0, 0.05) is 31.6 Å². The summed E-state index contributed by atoms with van der Waals surface area (Å²) in [6.07, 6.45) is 10.9. The molecule has 0 bridgehead atoms. The van der Waals surface area contributed by atoms with Crippen LogP contribution in [0.4, 0.5) is 4.79 Å². The zero-order chi connectivity index (χ0) is 17.4. The fraction of sp³-hybridized carbons (Fsp3) is 0.895. The van der Waals surface area contributed by atoms with Crippen LogP contribution in [0.2, 0.25) is 0 Å². The van der Waals surface area contributed by atoms with Crippen molar-refractivity contribution >= 4 is 11.9 Å². The van der Waals surface area contributed by atoms with Crippen LogP contribution in [-0.4, -0.2) is 42.0 Å². The van der Waals surface area contributed by atoms with Crippen molar-refractivity contribution in [2.75, 3.05) is 13.1 Å². The standard InChI is InChI=1S/C19H35N3O2/c1-3-15(2)21-19(24)20-13-7-6-12-18(23)22-14-8-10-16-9-4-5-11-17(16)22/h15-17H,3-14H2,1-2H3,(H2,20,21,24). The van der Waals surface area contributed by atoms with Crippen LogP contribution in [0.3, 0.4) is 0 Å². The smallest absolute Gasteiger partial charge is 0.314 e. The molecule has 0 radical (unpaired) electrons. The molecule has 2 rings (SSSR count). The van der Waals surface area contributed by atoms with E-state index in [0.29, 0.717) is 24.9 Å². The summed E-state index contributed by atoms with van der Waals surface area (Å²) in [6.45, 7) is 5.64. The third-order valence-corrected chi connectivity index (χ3v) is 5.66. The van der Waals surface area contributed by atoms with Crippen molar-refractivity contribution in [3.8, 4) is 0 Å². The molecule has 138 valence electrons. The lowest BCUT2D eigenvalue weighted by Crippen LogP contribution is -2.49. The molecule has 3 unspecified atom stereocenters. The van der Waals surface area contributed by atoms with E-state index in [1.807, 2.05) is 13.8 Å². The van der Waals surface area contributed by atoms with Gasteiger partial charge in [-0.25, -0.2) is 4.79 Å². The first-order chi connectivity index (χ1) is 11.6. The maximum atomic E-state index is 12.6. The predicted molar refractivity (Wildman–Crippen MR) is 96.8 cm³/mol. The molecule has 0 spiro atoms. The van der Waals surface area contributed by atoms with Gasteiger partial charge in [0.1, 0.15) is 0 Å². The molecule has 2 aliphatic rings. The highest BCUT2D eigenvalue weighted by atomic mass is 16.2. The molecule has 5 nitrogen and oxygen atoms in total. The molecule has 3 amide bonds. The van der Waals surface area contributed by atoms with Gasteiger partial charge < -0.3 is 15.5 Å². The summed E-state index contributed by atoms with van der Waals surface area (Å²) in [5, 5.41) is 5.76. The topological polar surface area (TPSA) is 61.4 Å². The molecule has 24 heavy (non-hydrogen) atoms. The highest BCUT2D eigenvalue weighted by Crippen LogP contribution is 2.35. The van der Waals surface area contributed by atoms with E-state index in [1.54, 1.807) is 0 Å². The Bertz CT molecular complexity index is 411. The van der Waals surface area contributed by atoms with Crippen LogP contribution in [0.15, 0.2) is 0 Å². The molecule has 2 fully saturated rings. The Kier molecular flexibility index (Phi) is 7.86. The number of hydrogen-bond donors (Lipinski definition) is 2. The maximum Gasteiger partial charge on any atom is 0.314 e. The Morgan fingerprint density at radius 3 is 2.67 bits per heavy atom. The average Bonchev–Trinajstić information content (AvgIpc) is 2.60. The number of amides is 3. The number of carbonyl (C=O) groups is 2. The Hall–Kier alpha value is -1.26. The van der Waals surface area contributed by atoms with E-state index in [-0.39, 0.29) is 12.1 Å². The van der Waals surface area contributed by atoms with Gasteiger partial charge in [-0.1, -0.05) is 19.8 Å². The third kappa shape index (κ3) is 5.67. The minimum atomic E-state index is -0.100. The minimum Gasteiger partial charge on any atom is -0.339 e. The number of fused-ring (bicyclic) bond motifs is 1. The third-order valence-electron chi connectivity index (χ3n) is 5.66. The van der Waals surface area contributed by atoms with E-state index < -0.39 is 0 Å². The highest BCUT2D eigenvalue weighted by molar-refractivity contribution is 5.76. The van der Waals surface area contributed by atoms with Gasteiger partial charge >= 0.3 is 6.03 Å². The van der Waals surface area contributed by atoms with Crippen LogP contribution in [0, 0.1) is 5.92 Å². The number of piperidine rings is 1. The lowest BCUT2D eigenvalue weighted by atomic mass is 9.78. The van der Waals surface area contributed by atoms with Crippen LogP contribution in [0.1, 0.15) is 78.1 Å². The number of rotatable bonds is 7. The Labute approximate surface area is 146 Å². The van der Waals surface area contributed by atoms with Gasteiger partial charge in [0.2, 0.25) is 5.91 Å². The molecular formula is C19H35N3O2. The monoisotopic (exact) mass is 337 g/mol. The molecular weight excluding hydrogens is 302 g/mol. The van der Waals surface area contributed by atoms with E-state index >= 15 is 0 Å². The van der Waals surface area contributed by atoms with Crippen molar-refractivity contribution < 1.29 is 9.59 Å². The molecule has 1 saturated heterocycles. The van der Waals surface area contributed by atoms with Gasteiger partial charge in [-0.05, 0) is 57.8 Å². The van der Waals surface area contributed by atoms with Crippen molar-refractivity contribution in [1.29, 1.82) is 0 Å². The van der Waals surface area contributed by atoms with Gasteiger partial charge in [-0.15, -0.1) is 0 Å². The summed E-state index contributed by atoms with van der Waals surface area (Å²) < 4.78 is 0. The first kappa shape index (κ1) is 19.1. The summed E-state index contributed by atoms with van der Waals surface area (Å²) in [6, 6.07) is 0.616. The van der Waals surface area contributed by atoms with Crippen molar-refractivity contribution in [3.05, 3.63) is 0 Å². The van der Waals surface area contributed by atoms with E-state index in [2.05, 4.69) is 15.5 Å². The molecule has 5 heteroatoms. The van der Waals surface area contributed by atoms with Crippen molar-refractivity contribution in [3.63, 3.8) is 0 Å². The molecule has 2 N–H and O–H groups in total.